The number of rotatable bonds is 6. The number of ether oxygens (including phenoxy) is 4. The minimum absolute atomic E-state index is 0.106. The maximum Gasteiger partial charge on any atom is 0.230 e. The van der Waals surface area contributed by atoms with Gasteiger partial charge < -0.3 is 18.9 Å². The lowest BCUT2D eigenvalue weighted by Gasteiger charge is -2.42. The molecule has 0 bridgehead atoms. The van der Waals surface area contributed by atoms with E-state index in [0.717, 1.165) is 47.0 Å². The molecular formula is C28H30N2O5S. The first-order valence-electron chi connectivity index (χ1n) is 12.0. The molecule has 2 aromatic carbocycles. The number of nitrogens with zero attached hydrogens (tertiary/aromatic N) is 2. The maximum atomic E-state index is 13.2. The second kappa shape index (κ2) is 10.3. The van der Waals surface area contributed by atoms with Gasteiger partial charge in [0.2, 0.25) is 5.91 Å². The van der Waals surface area contributed by atoms with Crippen LogP contribution in [0.15, 0.2) is 58.2 Å². The number of allylic oxidation sites excluding steroid dienone is 1. The van der Waals surface area contributed by atoms with E-state index in [-0.39, 0.29) is 11.9 Å². The van der Waals surface area contributed by atoms with Crippen molar-refractivity contribution in [1.29, 1.82) is 0 Å². The molecule has 3 aliphatic rings. The van der Waals surface area contributed by atoms with Crippen LogP contribution >= 0.6 is 11.8 Å². The molecule has 1 aliphatic carbocycles. The molecule has 2 heterocycles. The Labute approximate surface area is 215 Å². The molecular weight excluding hydrogens is 476 g/mol. The monoisotopic (exact) mass is 506 g/mol. The summed E-state index contributed by atoms with van der Waals surface area (Å²) in [5, 5.41) is 0.768. The zero-order valence-electron chi connectivity index (χ0n) is 21.0. The number of aliphatic imine (C=N–C) groups is 1. The number of hydrogen-bond donors (Lipinski definition) is 0. The van der Waals surface area contributed by atoms with Crippen LogP contribution < -0.4 is 18.9 Å². The molecule has 36 heavy (non-hydrogen) atoms. The number of methoxy groups -OCH3 is 4. The van der Waals surface area contributed by atoms with Gasteiger partial charge in [-0.3, -0.25) is 9.69 Å². The van der Waals surface area contributed by atoms with E-state index < -0.39 is 0 Å². The van der Waals surface area contributed by atoms with Gasteiger partial charge in [0.05, 0.1) is 40.2 Å². The van der Waals surface area contributed by atoms with E-state index in [4.69, 9.17) is 23.9 Å². The number of amides is 1. The van der Waals surface area contributed by atoms with Crippen LogP contribution in [0, 0.1) is 0 Å². The summed E-state index contributed by atoms with van der Waals surface area (Å²) in [6.45, 7) is 0. The minimum Gasteiger partial charge on any atom is -0.493 e. The van der Waals surface area contributed by atoms with Crippen LogP contribution in [0.3, 0.4) is 0 Å². The predicted molar refractivity (Wildman–Crippen MR) is 142 cm³/mol. The van der Waals surface area contributed by atoms with Crippen molar-refractivity contribution in [3.05, 3.63) is 64.4 Å². The molecule has 0 spiro atoms. The van der Waals surface area contributed by atoms with Gasteiger partial charge in [0.25, 0.3) is 0 Å². The van der Waals surface area contributed by atoms with Crippen molar-refractivity contribution in [1.82, 2.24) is 4.90 Å². The third-order valence-electron chi connectivity index (χ3n) is 6.79. The fourth-order valence-electron chi connectivity index (χ4n) is 5.10. The molecule has 2 aliphatic heterocycles. The van der Waals surface area contributed by atoms with Crippen LogP contribution in [0.2, 0.25) is 0 Å². The van der Waals surface area contributed by atoms with Gasteiger partial charge in [-0.25, -0.2) is 4.99 Å². The van der Waals surface area contributed by atoms with Gasteiger partial charge >= 0.3 is 0 Å². The van der Waals surface area contributed by atoms with Crippen LogP contribution in [0.5, 0.6) is 23.0 Å². The van der Waals surface area contributed by atoms with Gasteiger partial charge in [-0.15, -0.1) is 0 Å². The van der Waals surface area contributed by atoms with Gasteiger partial charge in [0, 0.05) is 12.2 Å². The summed E-state index contributed by atoms with van der Waals surface area (Å²) in [6, 6.07) is 11.6. The lowest BCUT2D eigenvalue weighted by molar-refractivity contribution is -0.128. The van der Waals surface area contributed by atoms with E-state index in [9.17, 15) is 4.79 Å². The van der Waals surface area contributed by atoms with E-state index in [1.807, 2.05) is 41.3 Å². The highest BCUT2D eigenvalue weighted by Gasteiger charge is 2.41. The van der Waals surface area contributed by atoms with E-state index in [1.165, 1.54) is 11.1 Å². The lowest BCUT2D eigenvalue weighted by Crippen LogP contribution is -2.45. The molecule has 1 unspecified atom stereocenters. The quantitative estimate of drug-likeness (QED) is 0.507. The van der Waals surface area contributed by atoms with E-state index in [0.29, 0.717) is 29.4 Å². The SMILES string of the molecule is COc1ccc(/C=C2\CCCC3=C2N=C2SCCC(=O)N2C3c2ccc(OC)c(OC)c2)cc1OC. The normalized spacial score (nSPS) is 20.5. The Bertz CT molecular complexity index is 1280. The summed E-state index contributed by atoms with van der Waals surface area (Å²) < 4.78 is 22.0. The van der Waals surface area contributed by atoms with Crippen LogP contribution in [0.4, 0.5) is 0 Å². The smallest absolute Gasteiger partial charge is 0.230 e. The molecule has 0 aromatic heterocycles. The lowest BCUT2D eigenvalue weighted by atomic mass is 9.83. The first-order valence-corrected chi connectivity index (χ1v) is 13.0. The second-order valence-electron chi connectivity index (χ2n) is 8.78. The summed E-state index contributed by atoms with van der Waals surface area (Å²) >= 11 is 1.64. The molecule has 1 fully saturated rings. The Morgan fingerprint density at radius 2 is 1.58 bits per heavy atom. The van der Waals surface area contributed by atoms with Gasteiger partial charge in [-0.05, 0) is 71.9 Å². The first-order chi connectivity index (χ1) is 17.6. The van der Waals surface area contributed by atoms with Crippen molar-refractivity contribution in [2.75, 3.05) is 34.2 Å². The summed E-state index contributed by atoms with van der Waals surface area (Å²) in [5.41, 5.74) is 5.34. The molecule has 188 valence electrons. The zero-order chi connectivity index (χ0) is 25.2. The number of fused-ring (bicyclic) bond motifs is 1. The van der Waals surface area contributed by atoms with Crippen molar-refractivity contribution in [2.24, 2.45) is 4.99 Å². The average Bonchev–Trinajstić information content (AvgIpc) is 2.92. The number of hydrogen-bond acceptors (Lipinski definition) is 7. The van der Waals surface area contributed by atoms with E-state index in [2.05, 4.69) is 6.08 Å². The van der Waals surface area contributed by atoms with Gasteiger partial charge in [-0.2, -0.15) is 0 Å². The van der Waals surface area contributed by atoms with Crippen LogP contribution in [0.25, 0.3) is 6.08 Å². The number of carbonyl (C=O) groups excluding carboxylic acids is 1. The molecule has 0 N–H and O–H groups in total. The summed E-state index contributed by atoms with van der Waals surface area (Å²) in [5.74, 6) is 3.55. The summed E-state index contributed by atoms with van der Waals surface area (Å²) in [6.07, 6.45) is 5.47. The largest absolute Gasteiger partial charge is 0.493 e. The van der Waals surface area contributed by atoms with Gasteiger partial charge in [-0.1, -0.05) is 23.9 Å². The van der Waals surface area contributed by atoms with Crippen LogP contribution in [0.1, 0.15) is 42.9 Å². The predicted octanol–water partition coefficient (Wildman–Crippen LogP) is 5.62. The van der Waals surface area contributed by atoms with Crippen molar-refractivity contribution >= 4 is 28.9 Å². The maximum absolute atomic E-state index is 13.2. The second-order valence-corrected chi connectivity index (χ2v) is 9.85. The first kappa shape index (κ1) is 24.3. The topological polar surface area (TPSA) is 69.6 Å². The molecule has 1 saturated heterocycles. The van der Waals surface area contributed by atoms with Gasteiger partial charge in [0.15, 0.2) is 28.2 Å². The molecule has 5 rings (SSSR count). The summed E-state index contributed by atoms with van der Waals surface area (Å²) in [7, 11) is 6.53. The molecule has 2 aromatic rings. The minimum atomic E-state index is -0.221. The Morgan fingerprint density at radius 3 is 2.31 bits per heavy atom. The Hall–Kier alpha value is -3.39. The third kappa shape index (κ3) is 4.34. The van der Waals surface area contributed by atoms with Crippen molar-refractivity contribution in [3.8, 4) is 23.0 Å². The van der Waals surface area contributed by atoms with E-state index in [1.54, 1.807) is 40.2 Å². The number of amidine groups is 1. The molecule has 1 atom stereocenters. The number of benzene rings is 2. The molecule has 0 radical (unpaired) electrons. The van der Waals surface area contributed by atoms with Crippen molar-refractivity contribution in [3.63, 3.8) is 0 Å². The number of carbonyl (C=O) groups is 1. The Kier molecular flexibility index (Phi) is 6.96. The van der Waals surface area contributed by atoms with Crippen LogP contribution in [-0.2, 0) is 4.79 Å². The van der Waals surface area contributed by atoms with Crippen LogP contribution in [-0.4, -0.2) is 50.2 Å². The van der Waals surface area contributed by atoms with Crippen molar-refractivity contribution < 1.29 is 23.7 Å². The third-order valence-corrected chi connectivity index (χ3v) is 7.74. The highest BCUT2D eigenvalue weighted by molar-refractivity contribution is 8.14. The van der Waals surface area contributed by atoms with Crippen molar-refractivity contribution in [2.45, 2.75) is 31.7 Å². The Balaban J connectivity index is 1.64. The fourth-order valence-corrected chi connectivity index (χ4v) is 6.06. The van der Waals surface area contributed by atoms with Gasteiger partial charge in [0.1, 0.15) is 0 Å². The van der Waals surface area contributed by atoms with E-state index >= 15 is 0 Å². The average molecular weight is 507 g/mol. The molecule has 0 saturated carbocycles. The highest BCUT2D eigenvalue weighted by Crippen LogP contribution is 2.48. The summed E-state index contributed by atoms with van der Waals surface area (Å²) in [4.78, 5) is 20.1. The highest BCUT2D eigenvalue weighted by atomic mass is 32.2. The fraction of sp³-hybridized carbons (Fsp3) is 0.357. The molecule has 8 heteroatoms. The standard InChI is InChI=1S/C28H30N2O5S/c1-32-21-10-8-17(15-23(21)34-3)14-18-6-5-7-20-26(18)29-28-30(25(31)12-13-36-28)27(20)19-9-11-22(33-2)24(16-19)35-4/h8-11,14-16,27H,5-7,12-13H2,1-4H3/b18-14+. The number of thioether (sulfide) groups is 1. The Morgan fingerprint density at radius 1 is 0.889 bits per heavy atom. The molecule has 7 nitrogen and oxygen atoms in total. The molecule has 1 amide bonds. The zero-order valence-corrected chi connectivity index (χ0v) is 21.8.